The van der Waals surface area contributed by atoms with Gasteiger partial charge in [0.1, 0.15) is 0 Å². The van der Waals surface area contributed by atoms with E-state index in [1.807, 2.05) is 12.1 Å². The summed E-state index contributed by atoms with van der Waals surface area (Å²) >= 11 is 0. The van der Waals surface area contributed by atoms with E-state index in [2.05, 4.69) is 16.0 Å². The predicted molar refractivity (Wildman–Crippen MR) is 130 cm³/mol. The summed E-state index contributed by atoms with van der Waals surface area (Å²) in [6.45, 7) is 0. The smallest absolute Gasteiger partial charge is 0.255 e. The van der Waals surface area contributed by atoms with Crippen molar-refractivity contribution in [3.05, 3.63) is 126 Å². The van der Waals surface area contributed by atoms with Crippen molar-refractivity contribution in [2.75, 3.05) is 16.0 Å². The molecule has 0 fully saturated rings. The molecule has 3 N–H and O–H groups in total. The van der Waals surface area contributed by atoms with Crippen LogP contribution in [0.4, 0.5) is 17.1 Å². The van der Waals surface area contributed by atoms with Crippen LogP contribution >= 0.6 is 0 Å². The van der Waals surface area contributed by atoms with Gasteiger partial charge in [0.2, 0.25) is 0 Å². The molecule has 0 saturated carbocycles. The van der Waals surface area contributed by atoms with Gasteiger partial charge in [0.05, 0.1) is 0 Å². The summed E-state index contributed by atoms with van der Waals surface area (Å²) in [6, 6.07) is 31.4. The molecular formula is C27H21N3O3. The van der Waals surface area contributed by atoms with E-state index in [1.54, 1.807) is 97.1 Å². The summed E-state index contributed by atoms with van der Waals surface area (Å²) < 4.78 is 0. The number of anilines is 3. The van der Waals surface area contributed by atoms with Crippen LogP contribution in [0.25, 0.3) is 0 Å². The maximum absolute atomic E-state index is 12.5. The topological polar surface area (TPSA) is 87.3 Å². The molecule has 6 nitrogen and oxygen atoms in total. The first-order valence-electron chi connectivity index (χ1n) is 10.3. The Hall–Kier alpha value is -4.71. The Morgan fingerprint density at radius 2 is 0.636 bits per heavy atom. The minimum absolute atomic E-state index is 0.202. The molecule has 6 heteroatoms. The monoisotopic (exact) mass is 435 g/mol. The van der Waals surface area contributed by atoms with E-state index >= 15 is 0 Å². The lowest BCUT2D eigenvalue weighted by Gasteiger charge is -2.09. The molecule has 0 unspecified atom stereocenters. The van der Waals surface area contributed by atoms with Crippen LogP contribution in [0.5, 0.6) is 0 Å². The molecule has 0 radical (unpaired) electrons. The molecule has 4 aromatic carbocycles. The van der Waals surface area contributed by atoms with Crippen molar-refractivity contribution in [1.82, 2.24) is 0 Å². The molecule has 0 heterocycles. The Bertz CT molecular complexity index is 1250. The molecule has 0 aliphatic rings. The van der Waals surface area contributed by atoms with Crippen LogP contribution in [-0.2, 0) is 0 Å². The van der Waals surface area contributed by atoms with Gasteiger partial charge in [0, 0.05) is 33.8 Å². The van der Waals surface area contributed by atoms with Crippen molar-refractivity contribution in [2.24, 2.45) is 0 Å². The van der Waals surface area contributed by atoms with E-state index in [1.165, 1.54) is 0 Å². The second-order valence-electron chi connectivity index (χ2n) is 7.25. The zero-order valence-electron chi connectivity index (χ0n) is 17.6. The number of carbonyl (C=O) groups excluding carboxylic acids is 3. The van der Waals surface area contributed by atoms with Gasteiger partial charge in [-0.25, -0.2) is 0 Å². The molecule has 162 valence electrons. The van der Waals surface area contributed by atoms with Crippen molar-refractivity contribution in [2.45, 2.75) is 0 Å². The average molecular weight is 435 g/mol. The molecule has 4 rings (SSSR count). The second kappa shape index (κ2) is 10.1. The maximum atomic E-state index is 12.5. The standard InChI is InChI=1S/C27H21N3O3/c31-25(19-7-3-1-4-8-19)28-22-13-11-21(12-14-22)27(33)30-24-17-15-23(16-18-24)29-26(32)20-9-5-2-6-10-20/h1-18H,(H,28,31)(H,29,32)(H,30,33). The third kappa shape index (κ3) is 5.71. The lowest BCUT2D eigenvalue weighted by molar-refractivity contribution is 0.101. The first kappa shape index (κ1) is 21.5. The Balaban J connectivity index is 1.33. The fourth-order valence-corrected chi connectivity index (χ4v) is 3.13. The molecule has 0 atom stereocenters. The molecule has 4 aromatic rings. The first-order valence-corrected chi connectivity index (χ1v) is 10.3. The summed E-state index contributed by atoms with van der Waals surface area (Å²) in [6.07, 6.45) is 0. The molecule has 3 amide bonds. The van der Waals surface area contributed by atoms with Crippen LogP contribution in [0.2, 0.25) is 0 Å². The largest absolute Gasteiger partial charge is 0.322 e. The van der Waals surface area contributed by atoms with Crippen LogP contribution in [-0.4, -0.2) is 17.7 Å². The van der Waals surface area contributed by atoms with E-state index in [9.17, 15) is 14.4 Å². The molecule has 0 bridgehead atoms. The van der Waals surface area contributed by atoms with E-state index in [-0.39, 0.29) is 17.7 Å². The van der Waals surface area contributed by atoms with Crippen LogP contribution in [0.3, 0.4) is 0 Å². The summed E-state index contributed by atoms with van der Waals surface area (Å²) in [5.74, 6) is -0.698. The summed E-state index contributed by atoms with van der Waals surface area (Å²) in [5, 5.41) is 8.44. The predicted octanol–water partition coefficient (Wildman–Crippen LogP) is 5.44. The van der Waals surface area contributed by atoms with Gasteiger partial charge in [-0.05, 0) is 72.8 Å². The number of rotatable bonds is 6. The van der Waals surface area contributed by atoms with E-state index in [0.29, 0.717) is 33.8 Å². The van der Waals surface area contributed by atoms with Crippen molar-refractivity contribution >= 4 is 34.8 Å². The first-order chi connectivity index (χ1) is 16.1. The van der Waals surface area contributed by atoms with Crippen molar-refractivity contribution in [3.63, 3.8) is 0 Å². The molecule has 0 aromatic heterocycles. The number of hydrogen-bond donors (Lipinski definition) is 3. The quantitative estimate of drug-likeness (QED) is 0.377. The fourth-order valence-electron chi connectivity index (χ4n) is 3.13. The molecule has 33 heavy (non-hydrogen) atoms. The molecule has 0 saturated heterocycles. The van der Waals surface area contributed by atoms with Gasteiger partial charge in [-0.1, -0.05) is 36.4 Å². The molecular weight excluding hydrogens is 414 g/mol. The van der Waals surface area contributed by atoms with Gasteiger partial charge in [-0.3, -0.25) is 14.4 Å². The molecule has 0 spiro atoms. The highest BCUT2D eigenvalue weighted by Crippen LogP contribution is 2.17. The van der Waals surface area contributed by atoms with Gasteiger partial charge >= 0.3 is 0 Å². The SMILES string of the molecule is O=C(Nc1ccc(NC(=O)c2ccc(NC(=O)c3ccccc3)cc2)cc1)c1ccccc1. The normalized spacial score (nSPS) is 10.2. The van der Waals surface area contributed by atoms with Crippen LogP contribution in [0, 0.1) is 0 Å². The van der Waals surface area contributed by atoms with Gasteiger partial charge in [-0.2, -0.15) is 0 Å². The summed E-state index contributed by atoms with van der Waals surface area (Å²) in [4.78, 5) is 37.0. The number of carbonyl (C=O) groups is 3. The Labute approximate surface area is 191 Å². The van der Waals surface area contributed by atoms with Crippen molar-refractivity contribution in [3.8, 4) is 0 Å². The van der Waals surface area contributed by atoms with E-state index < -0.39 is 0 Å². The highest BCUT2D eigenvalue weighted by Gasteiger charge is 2.09. The Morgan fingerprint density at radius 3 is 0.970 bits per heavy atom. The van der Waals surface area contributed by atoms with Crippen LogP contribution < -0.4 is 16.0 Å². The molecule has 0 aliphatic heterocycles. The lowest BCUT2D eigenvalue weighted by Crippen LogP contribution is -2.14. The van der Waals surface area contributed by atoms with Crippen LogP contribution in [0.1, 0.15) is 31.1 Å². The number of amides is 3. The fraction of sp³-hybridized carbons (Fsp3) is 0. The second-order valence-corrected chi connectivity index (χ2v) is 7.25. The van der Waals surface area contributed by atoms with Crippen LogP contribution in [0.15, 0.2) is 109 Å². The summed E-state index contributed by atoms with van der Waals surface area (Å²) in [5.41, 5.74) is 3.40. The Kier molecular flexibility index (Phi) is 6.56. The number of nitrogens with one attached hydrogen (secondary N) is 3. The highest BCUT2D eigenvalue weighted by atomic mass is 16.2. The van der Waals surface area contributed by atoms with E-state index in [4.69, 9.17) is 0 Å². The molecule has 0 aliphatic carbocycles. The average Bonchev–Trinajstić information content (AvgIpc) is 2.86. The van der Waals surface area contributed by atoms with Crippen molar-refractivity contribution in [1.29, 1.82) is 0 Å². The number of hydrogen-bond acceptors (Lipinski definition) is 3. The zero-order valence-corrected chi connectivity index (χ0v) is 17.6. The van der Waals surface area contributed by atoms with Gasteiger partial charge < -0.3 is 16.0 Å². The minimum Gasteiger partial charge on any atom is -0.322 e. The van der Waals surface area contributed by atoms with Gasteiger partial charge in [0.25, 0.3) is 17.7 Å². The number of benzene rings is 4. The third-order valence-corrected chi connectivity index (χ3v) is 4.88. The highest BCUT2D eigenvalue weighted by molar-refractivity contribution is 6.07. The van der Waals surface area contributed by atoms with Gasteiger partial charge in [0.15, 0.2) is 0 Å². The van der Waals surface area contributed by atoms with Gasteiger partial charge in [-0.15, -0.1) is 0 Å². The van der Waals surface area contributed by atoms with E-state index in [0.717, 1.165) is 0 Å². The third-order valence-electron chi connectivity index (χ3n) is 4.88. The van der Waals surface area contributed by atoms with Crippen molar-refractivity contribution < 1.29 is 14.4 Å². The maximum Gasteiger partial charge on any atom is 0.255 e. The summed E-state index contributed by atoms with van der Waals surface area (Å²) in [7, 11) is 0. The Morgan fingerprint density at radius 1 is 0.364 bits per heavy atom. The zero-order chi connectivity index (χ0) is 23.0. The lowest BCUT2D eigenvalue weighted by atomic mass is 10.1. The minimum atomic E-state index is -0.281.